The Bertz CT molecular complexity index is 795. The Hall–Kier alpha value is -1.92. The third kappa shape index (κ3) is 3.13. The molecule has 0 saturated heterocycles. The number of H-pyrrole nitrogens is 2. The predicted octanol–water partition coefficient (Wildman–Crippen LogP) is 3.45. The number of nitrogens with one attached hydrogen (secondary N) is 2. The number of rotatable bonds is 5. The van der Waals surface area contributed by atoms with Crippen molar-refractivity contribution in [1.29, 1.82) is 0 Å². The van der Waals surface area contributed by atoms with E-state index >= 15 is 0 Å². The SMILES string of the molecule is CCCCOCc1ccc2c(c1)Cc1c([nH]c(=S)[nH]c1=O)O2. The lowest BCUT2D eigenvalue weighted by Crippen LogP contribution is -2.19. The van der Waals surface area contributed by atoms with Gasteiger partial charge in [0.25, 0.3) is 5.56 Å². The van der Waals surface area contributed by atoms with Gasteiger partial charge in [0.05, 0.1) is 12.2 Å². The van der Waals surface area contributed by atoms with Crippen molar-refractivity contribution in [3.05, 3.63) is 50.0 Å². The maximum Gasteiger partial charge on any atom is 0.259 e. The van der Waals surface area contributed by atoms with Gasteiger partial charge < -0.3 is 14.5 Å². The van der Waals surface area contributed by atoms with Gasteiger partial charge in [-0.2, -0.15) is 0 Å². The first kappa shape index (κ1) is 15.0. The number of hydrogen-bond acceptors (Lipinski definition) is 4. The van der Waals surface area contributed by atoms with Crippen molar-refractivity contribution in [2.45, 2.75) is 32.8 Å². The second-order valence-corrected chi connectivity index (χ2v) is 5.75. The predicted molar refractivity (Wildman–Crippen MR) is 86.1 cm³/mol. The van der Waals surface area contributed by atoms with E-state index < -0.39 is 0 Å². The molecule has 2 aromatic rings. The average Bonchev–Trinajstić information content (AvgIpc) is 2.50. The van der Waals surface area contributed by atoms with E-state index in [1.165, 1.54) is 0 Å². The number of aromatic amines is 2. The minimum atomic E-state index is -0.200. The van der Waals surface area contributed by atoms with Crippen molar-refractivity contribution in [1.82, 2.24) is 9.97 Å². The molecule has 2 N–H and O–H groups in total. The monoisotopic (exact) mass is 318 g/mol. The summed E-state index contributed by atoms with van der Waals surface area (Å²) in [6, 6.07) is 5.93. The molecule has 0 aliphatic carbocycles. The first-order valence-electron chi connectivity index (χ1n) is 7.40. The van der Waals surface area contributed by atoms with Crippen LogP contribution in [0.1, 0.15) is 36.5 Å². The summed E-state index contributed by atoms with van der Waals surface area (Å²) < 4.78 is 11.7. The molecule has 0 atom stereocenters. The molecule has 5 nitrogen and oxygen atoms in total. The largest absolute Gasteiger partial charge is 0.440 e. The van der Waals surface area contributed by atoms with Crippen molar-refractivity contribution in [3.8, 4) is 11.6 Å². The number of fused-ring (bicyclic) bond motifs is 2. The molecular weight excluding hydrogens is 300 g/mol. The normalized spacial score (nSPS) is 12.4. The zero-order valence-electron chi connectivity index (χ0n) is 12.4. The van der Waals surface area contributed by atoms with Crippen LogP contribution in [0.2, 0.25) is 0 Å². The Kier molecular flexibility index (Phi) is 4.40. The van der Waals surface area contributed by atoms with Gasteiger partial charge in [-0.3, -0.25) is 9.78 Å². The Labute approximate surface area is 133 Å². The van der Waals surface area contributed by atoms with Crippen molar-refractivity contribution in [2.24, 2.45) is 0 Å². The minimum absolute atomic E-state index is 0.200. The van der Waals surface area contributed by atoms with Crippen LogP contribution in [-0.2, 0) is 17.8 Å². The Balaban J connectivity index is 1.81. The summed E-state index contributed by atoms with van der Waals surface area (Å²) in [5, 5.41) is 0. The van der Waals surface area contributed by atoms with Gasteiger partial charge in [0, 0.05) is 13.0 Å². The van der Waals surface area contributed by atoms with Crippen LogP contribution in [0.5, 0.6) is 11.6 Å². The molecule has 0 amide bonds. The van der Waals surface area contributed by atoms with Gasteiger partial charge in [-0.25, -0.2) is 0 Å². The summed E-state index contributed by atoms with van der Waals surface area (Å²) in [5.41, 5.74) is 2.45. The van der Waals surface area contributed by atoms with E-state index in [4.69, 9.17) is 21.7 Å². The van der Waals surface area contributed by atoms with E-state index in [1.807, 2.05) is 18.2 Å². The molecule has 0 fully saturated rings. The quantitative estimate of drug-likeness (QED) is 0.558. The lowest BCUT2D eigenvalue weighted by molar-refractivity contribution is 0.118. The van der Waals surface area contributed by atoms with Crippen molar-refractivity contribution < 1.29 is 9.47 Å². The molecule has 116 valence electrons. The Morgan fingerprint density at radius 3 is 3.05 bits per heavy atom. The number of ether oxygens (including phenoxy) is 2. The summed E-state index contributed by atoms with van der Waals surface area (Å²) in [5.74, 6) is 1.19. The fourth-order valence-electron chi connectivity index (χ4n) is 2.44. The Morgan fingerprint density at radius 1 is 1.36 bits per heavy atom. The molecule has 0 saturated carbocycles. The second kappa shape index (κ2) is 6.46. The second-order valence-electron chi connectivity index (χ2n) is 5.34. The van der Waals surface area contributed by atoms with Gasteiger partial charge in [-0.15, -0.1) is 0 Å². The molecule has 6 heteroatoms. The van der Waals surface area contributed by atoms with E-state index in [2.05, 4.69) is 16.9 Å². The lowest BCUT2D eigenvalue weighted by Gasteiger charge is -2.19. The highest BCUT2D eigenvalue weighted by Gasteiger charge is 2.20. The average molecular weight is 318 g/mol. The van der Waals surface area contributed by atoms with Gasteiger partial charge in [-0.1, -0.05) is 19.4 Å². The Morgan fingerprint density at radius 2 is 2.23 bits per heavy atom. The summed E-state index contributed by atoms with van der Waals surface area (Å²) in [7, 11) is 0. The molecule has 0 spiro atoms. The molecule has 0 unspecified atom stereocenters. The highest BCUT2D eigenvalue weighted by Crippen LogP contribution is 2.33. The van der Waals surface area contributed by atoms with Crippen LogP contribution in [0, 0.1) is 4.77 Å². The fraction of sp³-hybridized carbons (Fsp3) is 0.375. The van der Waals surface area contributed by atoms with Crippen molar-refractivity contribution in [3.63, 3.8) is 0 Å². The van der Waals surface area contributed by atoms with Gasteiger partial charge >= 0.3 is 0 Å². The number of benzene rings is 1. The molecule has 1 aromatic heterocycles. The fourth-order valence-corrected chi connectivity index (χ4v) is 2.62. The minimum Gasteiger partial charge on any atom is -0.440 e. The van der Waals surface area contributed by atoms with Gasteiger partial charge in [0.1, 0.15) is 5.75 Å². The van der Waals surface area contributed by atoms with Gasteiger partial charge in [0.2, 0.25) is 5.88 Å². The molecule has 22 heavy (non-hydrogen) atoms. The highest BCUT2D eigenvalue weighted by molar-refractivity contribution is 7.71. The van der Waals surface area contributed by atoms with Gasteiger partial charge in [-0.05, 0) is 41.9 Å². The van der Waals surface area contributed by atoms with E-state index in [-0.39, 0.29) is 10.3 Å². The molecule has 1 aromatic carbocycles. The first-order valence-corrected chi connectivity index (χ1v) is 7.81. The lowest BCUT2D eigenvalue weighted by atomic mass is 10.0. The molecule has 1 aliphatic heterocycles. The van der Waals surface area contributed by atoms with Crippen LogP contribution >= 0.6 is 12.2 Å². The zero-order valence-corrected chi connectivity index (χ0v) is 13.2. The summed E-state index contributed by atoms with van der Waals surface area (Å²) in [4.78, 5) is 17.5. The van der Waals surface area contributed by atoms with Crippen molar-refractivity contribution in [2.75, 3.05) is 6.61 Å². The maximum absolute atomic E-state index is 12.0. The van der Waals surface area contributed by atoms with Crippen LogP contribution in [0.15, 0.2) is 23.0 Å². The summed E-state index contributed by atoms with van der Waals surface area (Å²) in [6.45, 7) is 3.48. The highest BCUT2D eigenvalue weighted by atomic mass is 32.1. The van der Waals surface area contributed by atoms with E-state index in [0.29, 0.717) is 24.5 Å². The molecule has 0 bridgehead atoms. The van der Waals surface area contributed by atoms with Crippen LogP contribution in [0.3, 0.4) is 0 Å². The number of aromatic nitrogens is 2. The van der Waals surface area contributed by atoms with Crippen LogP contribution in [0.4, 0.5) is 0 Å². The van der Waals surface area contributed by atoms with Crippen LogP contribution in [-0.4, -0.2) is 16.6 Å². The topological polar surface area (TPSA) is 67.1 Å². The summed E-state index contributed by atoms with van der Waals surface area (Å²) >= 11 is 4.97. The van der Waals surface area contributed by atoms with Crippen molar-refractivity contribution >= 4 is 12.2 Å². The standard InChI is InChI=1S/C16H18N2O3S/c1-2-3-6-20-9-10-4-5-13-11(7-10)8-12-14(19)17-16(22)18-15(12)21-13/h4-5,7H,2-3,6,8-9H2,1H3,(H2,17,18,19,22). The van der Waals surface area contributed by atoms with Gasteiger partial charge in [0.15, 0.2) is 4.77 Å². The summed E-state index contributed by atoms with van der Waals surface area (Å²) in [6.07, 6.45) is 2.71. The van der Waals surface area contributed by atoms with Crippen LogP contribution < -0.4 is 10.3 Å². The number of unbranched alkanes of at least 4 members (excludes halogenated alkanes) is 1. The third-order valence-corrected chi connectivity index (χ3v) is 3.82. The molecule has 1 aliphatic rings. The molecule has 2 heterocycles. The van der Waals surface area contributed by atoms with E-state index in [9.17, 15) is 4.79 Å². The van der Waals surface area contributed by atoms with Crippen LogP contribution in [0.25, 0.3) is 0 Å². The molecular formula is C16H18N2O3S. The van der Waals surface area contributed by atoms with E-state index in [0.717, 1.165) is 36.3 Å². The molecule has 3 rings (SSSR count). The zero-order chi connectivity index (χ0) is 15.5. The maximum atomic E-state index is 12.0. The third-order valence-electron chi connectivity index (χ3n) is 3.62. The first-order chi connectivity index (χ1) is 10.7. The molecule has 0 radical (unpaired) electrons. The smallest absolute Gasteiger partial charge is 0.259 e. The number of hydrogen-bond donors (Lipinski definition) is 2. The van der Waals surface area contributed by atoms with E-state index in [1.54, 1.807) is 0 Å².